The van der Waals surface area contributed by atoms with Crippen LogP contribution in [0.4, 0.5) is 0 Å². The largest absolute Gasteiger partial charge is 0.347 e. The molecule has 0 aromatic heterocycles. The van der Waals surface area contributed by atoms with Crippen LogP contribution >= 0.6 is 0 Å². The lowest BCUT2D eigenvalue weighted by Crippen LogP contribution is -2.46. The van der Waals surface area contributed by atoms with Crippen LogP contribution in [-0.4, -0.2) is 49.4 Å². The molecular weight excluding hydrogens is 230 g/mol. The van der Waals surface area contributed by atoms with E-state index in [1.54, 1.807) is 4.90 Å². The van der Waals surface area contributed by atoms with Crippen molar-refractivity contribution >= 4 is 11.8 Å². The Hall–Kier alpha value is -1.10. The van der Waals surface area contributed by atoms with E-state index in [0.717, 1.165) is 19.5 Å². The Balaban J connectivity index is 2.34. The zero-order chi connectivity index (χ0) is 13.5. The van der Waals surface area contributed by atoms with E-state index in [2.05, 4.69) is 17.6 Å². The average Bonchev–Trinajstić information content (AvgIpc) is 2.37. The SMILES string of the molecule is CCN(CC)C(=O)CNC(=O)C1CNCC(C)C1. The molecule has 0 saturated carbocycles. The lowest BCUT2D eigenvalue weighted by atomic mass is 9.91. The minimum absolute atomic E-state index is 0.00162. The Morgan fingerprint density at radius 2 is 1.94 bits per heavy atom. The summed E-state index contributed by atoms with van der Waals surface area (Å²) in [6.07, 6.45) is 0.901. The summed E-state index contributed by atoms with van der Waals surface area (Å²) in [6, 6.07) is 0. The Morgan fingerprint density at radius 1 is 1.28 bits per heavy atom. The predicted molar refractivity (Wildman–Crippen MR) is 71.1 cm³/mol. The fourth-order valence-corrected chi connectivity index (χ4v) is 2.35. The van der Waals surface area contributed by atoms with Crippen molar-refractivity contribution in [3.8, 4) is 0 Å². The molecule has 1 aliphatic heterocycles. The summed E-state index contributed by atoms with van der Waals surface area (Å²) in [5, 5.41) is 5.99. The number of nitrogens with one attached hydrogen (secondary N) is 2. The first kappa shape index (κ1) is 15.0. The van der Waals surface area contributed by atoms with Gasteiger partial charge < -0.3 is 15.5 Å². The third kappa shape index (κ3) is 4.29. The van der Waals surface area contributed by atoms with E-state index in [4.69, 9.17) is 0 Å². The molecule has 0 bridgehead atoms. The van der Waals surface area contributed by atoms with Crippen molar-refractivity contribution in [2.24, 2.45) is 11.8 Å². The quantitative estimate of drug-likeness (QED) is 0.738. The fraction of sp³-hybridized carbons (Fsp3) is 0.846. The molecule has 1 fully saturated rings. The second-order valence-electron chi connectivity index (χ2n) is 4.98. The first-order valence-electron chi connectivity index (χ1n) is 6.84. The molecule has 0 aromatic rings. The molecule has 1 heterocycles. The van der Waals surface area contributed by atoms with Gasteiger partial charge in [0.2, 0.25) is 11.8 Å². The van der Waals surface area contributed by atoms with Crippen LogP contribution in [0.25, 0.3) is 0 Å². The number of nitrogens with zero attached hydrogens (tertiary/aromatic N) is 1. The molecule has 1 aliphatic rings. The molecule has 1 saturated heterocycles. The highest BCUT2D eigenvalue weighted by Gasteiger charge is 2.25. The van der Waals surface area contributed by atoms with Crippen LogP contribution in [0, 0.1) is 11.8 Å². The van der Waals surface area contributed by atoms with E-state index in [-0.39, 0.29) is 24.3 Å². The molecule has 0 aromatic carbocycles. The number of carbonyl (C=O) groups excluding carboxylic acids is 2. The Bertz CT molecular complexity index is 290. The Morgan fingerprint density at radius 3 is 2.50 bits per heavy atom. The molecule has 2 N–H and O–H groups in total. The molecule has 2 unspecified atom stereocenters. The van der Waals surface area contributed by atoms with Gasteiger partial charge in [-0.1, -0.05) is 6.92 Å². The molecule has 5 nitrogen and oxygen atoms in total. The molecule has 0 spiro atoms. The molecule has 5 heteroatoms. The fourth-order valence-electron chi connectivity index (χ4n) is 2.35. The maximum Gasteiger partial charge on any atom is 0.241 e. The number of carbonyl (C=O) groups is 2. The van der Waals surface area contributed by atoms with Crippen LogP contribution in [0.3, 0.4) is 0 Å². The zero-order valence-electron chi connectivity index (χ0n) is 11.7. The van der Waals surface area contributed by atoms with Crippen molar-refractivity contribution in [1.82, 2.24) is 15.5 Å². The lowest BCUT2D eigenvalue weighted by Gasteiger charge is -2.27. The standard InChI is InChI=1S/C13H25N3O2/c1-4-16(5-2)12(17)9-15-13(18)11-6-10(3)7-14-8-11/h10-11,14H,4-9H2,1-3H3,(H,15,18). The third-order valence-electron chi connectivity index (χ3n) is 3.47. The molecule has 18 heavy (non-hydrogen) atoms. The number of hydrogen-bond acceptors (Lipinski definition) is 3. The lowest BCUT2D eigenvalue weighted by molar-refractivity contribution is -0.134. The number of hydrogen-bond donors (Lipinski definition) is 2. The van der Waals surface area contributed by atoms with Gasteiger partial charge in [-0.05, 0) is 32.7 Å². The summed E-state index contributed by atoms with van der Waals surface area (Å²) in [5.41, 5.74) is 0. The number of piperidine rings is 1. The topological polar surface area (TPSA) is 61.4 Å². The maximum atomic E-state index is 11.9. The van der Waals surface area contributed by atoms with Gasteiger partial charge in [0.15, 0.2) is 0 Å². The van der Waals surface area contributed by atoms with Gasteiger partial charge in [0.1, 0.15) is 0 Å². The van der Waals surface area contributed by atoms with Crippen LogP contribution in [0.5, 0.6) is 0 Å². The average molecular weight is 255 g/mol. The third-order valence-corrected chi connectivity index (χ3v) is 3.47. The van der Waals surface area contributed by atoms with Gasteiger partial charge >= 0.3 is 0 Å². The minimum Gasteiger partial charge on any atom is -0.347 e. The summed E-state index contributed by atoms with van der Waals surface area (Å²) in [4.78, 5) is 25.4. The van der Waals surface area contributed by atoms with Gasteiger partial charge in [0, 0.05) is 19.6 Å². The molecular formula is C13H25N3O2. The van der Waals surface area contributed by atoms with Gasteiger partial charge in [0.25, 0.3) is 0 Å². The Kier molecular flexibility index (Phi) is 6.12. The molecule has 104 valence electrons. The van der Waals surface area contributed by atoms with E-state index in [1.807, 2.05) is 13.8 Å². The smallest absolute Gasteiger partial charge is 0.241 e. The van der Waals surface area contributed by atoms with Gasteiger partial charge in [-0.3, -0.25) is 9.59 Å². The van der Waals surface area contributed by atoms with Crippen molar-refractivity contribution < 1.29 is 9.59 Å². The number of rotatable bonds is 5. The van der Waals surface area contributed by atoms with Gasteiger partial charge in [0.05, 0.1) is 12.5 Å². The van der Waals surface area contributed by atoms with Crippen molar-refractivity contribution in [1.29, 1.82) is 0 Å². The van der Waals surface area contributed by atoms with E-state index in [0.29, 0.717) is 19.0 Å². The van der Waals surface area contributed by atoms with Crippen LogP contribution in [0.15, 0.2) is 0 Å². The van der Waals surface area contributed by atoms with E-state index >= 15 is 0 Å². The molecule has 2 amide bonds. The predicted octanol–water partition coefficient (Wildman–Crippen LogP) is 0.217. The van der Waals surface area contributed by atoms with Crippen molar-refractivity contribution in [2.45, 2.75) is 27.2 Å². The second kappa shape index (κ2) is 7.36. The van der Waals surface area contributed by atoms with Crippen molar-refractivity contribution in [2.75, 3.05) is 32.7 Å². The highest BCUT2D eigenvalue weighted by atomic mass is 16.2. The number of likely N-dealkylation sites (N-methyl/N-ethyl adjacent to an activating group) is 1. The first-order chi connectivity index (χ1) is 8.58. The highest BCUT2D eigenvalue weighted by molar-refractivity contribution is 5.86. The molecule has 2 atom stereocenters. The Labute approximate surface area is 109 Å². The molecule has 0 radical (unpaired) electrons. The van der Waals surface area contributed by atoms with Gasteiger partial charge in [-0.15, -0.1) is 0 Å². The summed E-state index contributed by atoms with van der Waals surface area (Å²) in [5.74, 6) is 0.506. The monoisotopic (exact) mass is 255 g/mol. The number of amides is 2. The summed E-state index contributed by atoms with van der Waals surface area (Å²) < 4.78 is 0. The first-order valence-corrected chi connectivity index (χ1v) is 6.84. The normalized spacial score (nSPS) is 23.5. The van der Waals surface area contributed by atoms with E-state index < -0.39 is 0 Å². The second-order valence-corrected chi connectivity index (χ2v) is 4.98. The van der Waals surface area contributed by atoms with Gasteiger partial charge in [-0.25, -0.2) is 0 Å². The van der Waals surface area contributed by atoms with Crippen LogP contribution in [-0.2, 0) is 9.59 Å². The van der Waals surface area contributed by atoms with Crippen molar-refractivity contribution in [3.05, 3.63) is 0 Å². The summed E-state index contributed by atoms with van der Waals surface area (Å²) in [7, 11) is 0. The highest BCUT2D eigenvalue weighted by Crippen LogP contribution is 2.15. The maximum absolute atomic E-state index is 11.9. The van der Waals surface area contributed by atoms with Gasteiger partial charge in [-0.2, -0.15) is 0 Å². The molecule has 0 aliphatic carbocycles. The van der Waals surface area contributed by atoms with Crippen LogP contribution in [0.2, 0.25) is 0 Å². The van der Waals surface area contributed by atoms with E-state index in [9.17, 15) is 9.59 Å². The zero-order valence-corrected chi connectivity index (χ0v) is 11.7. The minimum atomic E-state index is -0.00910. The van der Waals surface area contributed by atoms with Crippen LogP contribution in [0.1, 0.15) is 27.2 Å². The molecule has 1 rings (SSSR count). The van der Waals surface area contributed by atoms with Crippen molar-refractivity contribution in [3.63, 3.8) is 0 Å². The summed E-state index contributed by atoms with van der Waals surface area (Å²) in [6.45, 7) is 9.20. The van der Waals surface area contributed by atoms with E-state index in [1.165, 1.54) is 0 Å². The summed E-state index contributed by atoms with van der Waals surface area (Å²) >= 11 is 0. The van der Waals surface area contributed by atoms with Crippen LogP contribution < -0.4 is 10.6 Å².